The summed E-state index contributed by atoms with van der Waals surface area (Å²) < 4.78 is 21.7. The summed E-state index contributed by atoms with van der Waals surface area (Å²) in [5.41, 5.74) is 1.24. The molecule has 0 saturated carbocycles. The second kappa shape index (κ2) is 8.63. The highest BCUT2D eigenvalue weighted by atomic mass is 79.9. The topological polar surface area (TPSA) is 68.3 Å². The quantitative estimate of drug-likeness (QED) is 0.672. The van der Waals surface area contributed by atoms with Crippen LogP contribution in [0.4, 0.5) is 0 Å². The molecule has 0 fully saturated rings. The van der Waals surface area contributed by atoms with Crippen molar-refractivity contribution in [2.75, 3.05) is 7.11 Å². The highest BCUT2D eigenvalue weighted by Gasteiger charge is 2.42. The molecule has 7 heteroatoms. The van der Waals surface area contributed by atoms with Crippen LogP contribution in [0.15, 0.2) is 47.1 Å². The molecule has 5 nitrogen and oxygen atoms in total. The molecule has 1 aromatic heterocycles. The van der Waals surface area contributed by atoms with Crippen molar-refractivity contribution in [3.63, 3.8) is 0 Å². The van der Waals surface area contributed by atoms with Crippen molar-refractivity contribution in [2.45, 2.75) is 44.4 Å². The van der Waals surface area contributed by atoms with Crippen molar-refractivity contribution in [1.82, 2.24) is 9.71 Å². The van der Waals surface area contributed by atoms with Gasteiger partial charge in [-0.25, -0.2) is 8.93 Å². The molecule has 0 radical (unpaired) electrons. The van der Waals surface area contributed by atoms with Crippen LogP contribution in [0.5, 0.6) is 0 Å². The van der Waals surface area contributed by atoms with Crippen LogP contribution in [0.25, 0.3) is 0 Å². The second-order valence-electron chi connectivity index (χ2n) is 7.32. The van der Waals surface area contributed by atoms with E-state index >= 15 is 0 Å². The third-order valence-electron chi connectivity index (χ3n) is 4.21. The van der Waals surface area contributed by atoms with Crippen molar-refractivity contribution in [3.8, 4) is 0 Å². The van der Waals surface area contributed by atoms with Crippen LogP contribution in [0.3, 0.4) is 0 Å². The second-order valence-corrected chi connectivity index (χ2v) is 10.2. The zero-order valence-electron chi connectivity index (χ0n) is 16.2. The molecule has 0 unspecified atom stereocenters. The number of methoxy groups -OCH3 is 1. The Labute approximate surface area is 171 Å². The van der Waals surface area contributed by atoms with E-state index in [1.807, 2.05) is 64.1 Å². The van der Waals surface area contributed by atoms with E-state index in [0.717, 1.165) is 15.6 Å². The minimum Gasteiger partial charge on any atom is -0.469 e. The van der Waals surface area contributed by atoms with Crippen molar-refractivity contribution >= 4 is 32.9 Å². The van der Waals surface area contributed by atoms with Crippen molar-refractivity contribution in [2.24, 2.45) is 0 Å². The lowest BCUT2D eigenvalue weighted by Crippen LogP contribution is -2.51. The molecular weight excluding hydrogens is 428 g/mol. The molecule has 1 heterocycles. The number of benzene rings is 1. The van der Waals surface area contributed by atoms with Gasteiger partial charge in [-0.3, -0.25) is 9.78 Å². The number of halogens is 1. The lowest BCUT2D eigenvalue weighted by molar-refractivity contribution is -0.141. The average molecular weight is 453 g/mol. The SMILES string of the molecule is COC(=O)C[C@](N[S@](=O)C(C)(C)C)(c1ccc(Br)cc1)c1ncccc1C. The van der Waals surface area contributed by atoms with E-state index < -0.39 is 27.2 Å². The molecule has 1 aromatic carbocycles. The number of aryl methyl sites for hydroxylation is 1. The minimum atomic E-state index is -1.45. The molecule has 2 rings (SSSR count). The summed E-state index contributed by atoms with van der Waals surface area (Å²) in [6, 6.07) is 11.3. The summed E-state index contributed by atoms with van der Waals surface area (Å²) in [5.74, 6) is -0.415. The first kappa shape index (κ1) is 21.7. The van der Waals surface area contributed by atoms with E-state index in [0.29, 0.717) is 5.69 Å². The van der Waals surface area contributed by atoms with Crippen molar-refractivity contribution in [3.05, 3.63) is 63.9 Å². The number of ether oxygens (including phenoxy) is 1. The zero-order chi connectivity index (χ0) is 20.2. The van der Waals surface area contributed by atoms with E-state index in [-0.39, 0.29) is 6.42 Å². The summed E-state index contributed by atoms with van der Waals surface area (Å²) in [6.07, 6.45) is 1.64. The Morgan fingerprint density at radius 2 is 1.85 bits per heavy atom. The van der Waals surface area contributed by atoms with Crippen LogP contribution in [0.2, 0.25) is 0 Å². The molecular formula is C20H25BrN2O3S. The van der Waals surface area contributed by atoms with Crippen LogP contribution in [-0.4, -0.2) is 27.0 Å². The monoisotopic (exact) mass is 452 g/mol. The average Bonchev–Trinajstić information content (AvgIpc) is 2.61. The summed E-state index contributed by atoms with van der Waals surface area (Å²) in [4.78, 5) is 16.9. The van der Waals surface area contributed by atoms with Gasteiger partial charge in [-0.1, -0.05) is 34.1 Å². The largest absolute Gasteiger partial charge is 0.469 e. The standard InChI is InChI=1S/C20H25BrN2O3S/c1-14-7-6-12-22-18(14)20(13-17(24)26-5,23-27(25)19(2,3)4)15-8-10-16(21)11-9-15/h6-12,23H,13H2,1-5H3/t20-,27+/m0/s1. The Kier molecular flexibility index (Phi) is 6.94. The fourth-order valence-electron chi connectivity index (χ4n) is 2.73. The Balaban J connectivity index is 2.75. The van der Waals surface area contributed by atoms with Crippen LogP contribution in [0, 0.1) is 6.92 Å². The Hall–Kier alpha value is -1.57. The first-order chi connectivity index (χ1) is 12.6. The van der Waals surface area contributed by atoms with E-state index in [2.05, 4.69) is 25.6 Å². The van der Waals surface area contributed by atoms with Crippen LogP contribution >= 0.6 is 15.9 Å². The lowest BCUT2D eigenvalue weighted by atomic mass is 9.82. The number of esters is 1. The molecule has 0 aliphatic heterocycles. The molecule has 27 heavy (non-hydrogen) atoms. The molecule has 0 saturated heterocycles. The fourth-order valence-corrected chi connectivity index (χ4v) is 3.91. The van der Waals surface area contributed by atoms with E-state index in [9.17, 15) is 9.00 Å². The summed E-state index contributed by atoms with van der Waals surface area (Å²) >= 11 is 3.44. The third kappa shape index (κ3) is 5.03. The van der Waals surface area contributed by atoms with Gasteiger partial charge in [0, 0.05) is 10.7 Å². The minimum absolute atomic E-state index is 0.0369. The van der Waals surface area contributed by atoms with Gasteiger partial charge in [-0.05, 0) is 57.0 Å². The lowest BCUT2D eigenvalue weighted by Gasteiger charge is -2.36. The number of hydrogen-bond acceptors (Lipinski definition) is 4. The molecule has 0 amide bonds. The molecule has 146 valence electrons. The molecule has 2 aromatic rings. The molecule has 2 atom stereocenters. The van der Waals surface area contributed by atoms with E-state index in [1.54, 1.807) is 6.20 Å². The van der Waals surface area contributed by atoms with Gasteiger partial charge in [0.05, 0.1) is 35.0 Å². The maximum absolute atomic E-state index is 13.1. The van der Waals surface area contributed by atoms with Crippen LogP contribution in [-0.2, 0) is 26.1 Å². The van der Waals surface area contributed by atoms with Gasteiger partial charge < -0.3 is 4.74 Å². The number of hydrogen-bond donors (Lipinski definition) is 1. The van der Waals surface area contributed by atoms with Gasteiger partial charge in [0.1, 0.15) is 5.54 Å². The smallest absolute Gasteiger partial charge is 0.308 e. The number of carbonyl (C=O) groups is 1. The Morgan fingerprint density at radius 3 is 2.37 bits per heavy atom. The number of nitrogens with zero attached hydrogens (tertiary/aromatic N) is 1. The van der Waals surface area contributed by atoms with Crippen molar-refractivity contribution in [1.29, 1.82) is 0 Å². The molecule has 0 spiro atoms. The first-order valence-electron chi connectivity index (χ1n) is 8.55. The Morgan fingerprint density at radius 1 is 1.22 bits per heavy atom. The van der Waals surface area contributed by atoms with E-state index in [1.165, 1.54) is 7.11 Å². The predicted molar refractivity (Wildman–Crippen MR) is 112 cm³/mol. The van der Waals surface area contributed by atoms with Gasteiger partial charge in [0.2, 0.25) is 0 Å². The van der Waals surface area contributed by atoms with Crippen LogP contribution in [0.1, 0.15) is 44.0 Å². The third-order valence-corrected chi connectivity index (χ3v) is 6.39. The normalized spacial score (nSPS) is 15.0. The maximum atomic E-state index is 13.1. The van der Waals surface area contributed by atoms with Gasteiger partial charge in [-0.15, -0.1) is 0 Å². The highest BCUT2D eigenvalue weighted by molar-refractivity contribution is 9.10. The van der Waals surface area contributed by atoms with Crippen molar-refractivity contribution < 1.29 is 13.7 Å². The molecule has 1 N–H and O–H groups in total. The van der Waals surface area contributed by atoms with Gasteiger partial charge in [-0.2, -0.15) is 0 Å². The molecule has 0 aliphatic carbocycles. The van der Waals surface area contributed by atoms with Gasteiger partial charge >= 0.3 is 5.97 Å². The van der Waals surface area contributed by atoms with E-state index in [4.69, 9.17) is 4.74 Å². The molecule has 0 bridgehead atoms. The fraction of sp³-hybridized carbons (Fsp3) is 0.400. The maximum Gasteiger partial charge on any atom is 0.308 e. The van der Waals surface area contributed by atoms with Gasteiger partial charge in [0.25, 0.3) is 0 Å². The number of aromatic nitrogens is 1. The highest BCUT2D eigenvalue weighted by Crippen LogP contribution is 2.36. The predicted octanol–water partition coefficient (Wildman–Crippen LogP) is 4.01. The molecule has 0 aliphatic rings. The summed E-state index contributed by atoms with van der Waals surface area (Å²) in [5, 5.41) is 0. The number of carbonyl (C=O) groups excluding carboxylic acids is 1. The summed E-state index contributed by atoms with van der Waals surface area (Å²) in [7, 11) is -0.101. The Bertz CT molecular complexity index is 834. The number of rotatable bonds is 6. The number of pyridine rings is 1. The summed E-state index contributed by atoms with van der Waals surface area (Å²) in [6.45, 7) is 7.57. The zero-order valence-corrected chi connectivity index (χ0v) is 18.6. The number of nitrogens with one attached hydrogen (secondary N) is 1. The first-order valence-corrected chi connectivity index (χ1v) is 10.5. The van der Waals surface area contributed by atoms with Crippen LogP contribution < -0.4 is 4.72 Å². The van der Waals surface area contributed by atoms with Gasteiger partial charge in [0.15, 0.2) is 0 Å².